The Morgan fingerprint density at radius 2 is 1.54 bits per heavy atom. The second-order valence-corrected chi connectivity index (χ2v) is 8.73. The van der Waals surface area contributed by atoms with E-state index in [1.807, 2.05) is 12.1 Å². The van der Waals surface area contributed by atoms with Gasteiger partial charge in [0.1, 0.15) is 11.6 Å². The van der Waals surface area contributed by atoms with E-state index in [2.05, 4.69) is 13.8 Å². The van der Waals surface area contributed by atoms with Crippen LogP contribution in [0.2, 0.25) is 0 Å². The van der Waals surface area contributed by atoms with Crippen LogP contribution in [0.5, 0.6) is 5.75 Å². The van der Waals surface area contributed by atoms with Gasteiger partial charge in [-0.1, -0.05) is 52.0 Å². The second-order valence-electron chi connectivity index (χ2n) is 8.73. The van der Waals surface area contributed by atoms with Crippen molar-refractivity contribution in [2.24, 2.45) is 17.8 Å². The summed E-state index contributed by atoms with van der Waals surface area (Å²) in [6, 6.07) is 5.44. The molecule has 0 saturated heterocycles. The van der Waals surface area contributed by atoms with Crippen molar-refractivity contribution in [2.45, 2.75) is 97.0 Å². The summed E-state index contributed by atoms with van der Waals surface area (Å²) in [5.74, 6) is 3.46. The first-order chi connectivity index (χ1) is 12.7. The highest BCUT2D eigenvalue weighted by molar-refractivity contribution is 5.29. The van der Waals surface area contributed by atoms with Crippen LogP contribution in [0.25, 0.3) is 0 Å². The van der Waals surface area contributed by atoms with Gasteiger partial charge in [0.2, 0.25) is 0 Å². The fourth-order valence-electron chi connectivity index (χ4n) is 5.30. The fourth-order valence-corrected chi connectivity index (χ4v) is 5.30. The van der Waals surface area contributed by atoms with E-state index in [1.165, 1.54) is 51.4 Å². The molecule has 146 valence electrons. The molecule has 0 spiro atoms. The van der Waals surface area contributed by atoms with E-state index in [-0.39, 0.29) is 11.9 Å². The largest absolute Gasteiger partial charge is 0.490 e. The Labute approximate surface area is 159 Å². The van der Waals surface area contributed by atoms with Gasteiger partial charge in [-0.2, -0.15) is 0 Å². The van der Waals surface area contributed by atoms with E-state index in [0.29, 0.717) is 5.75 Å². The first-order valence-electron chi connectivity index (χ1n) is 11.1. The highest BCUT2D eigenvalue weighted by Gasteiger charge is 2.31. The van der Waals surface area contributed by atoms with E-state index < -0.39 is 0 Å². The normalized spacial score (nSPS) is 29.5. The molecule has 1 aromatic rings. The van der Waals surface area contributed by atoms with Gasteiger partial charge in [0.15, 0.2) is 0 Å². The molecule has 2 aliphatic rings. The summed E-state index contributed by atoms with van der Waals surface area (Å²) in [6.45, 7) is 4.40. The van der Waals surface area contributed by atoms with Crippen molar-refractivity contribution in [3.8, 4) is 5.75 Å². The number of rotatable bonds is 7. The molecule has 26 heavy (non-hydrogen) atoms. The van der Waals surface area contributed by atoms with Crippen LogP contribution in [0.1, 0.15) is 90.0 Å². The molecular formula is C24H37FO. The zero-order valence-electron chi connectivity index (χ0n) is 16.8. The molecule has 2 heteroatoms. The average molecular weight is 361 g/mol. The maximum absolute atomic E-state index is 14.1. The van der Waals surface area contributed by atoms with Gasteiger partial charge in [0.25, 0.3) is 0 Å². The summed E-state index contributed by atoms with van der Waals surface area (Å²) in [7, 11) is 0. The van der Waals surface area contributed by atoms with E-state index >= 15 is 0 Å². The number of hydrogen-bond acceptors (Lipinski definition) is 1. The molecule has 0 heterocycles. The molecule has 2 saturated carbocycles. The molecule has 0 amide bonds. The maximum Gasteiger partial charge on any atom is 0.130 e. The van der Waals surface area contributed by atoms with E-state index in [0.717, 1.165) is 49.0 Å². The molecule has 0 bridgehead atoms. The highest BCUT2D eigenvalue weighted by Crippen LogP contribution is 2.41. The first-order valence-corrected chi connectivity index (χ1v) is 11.1. The monoisotopic (exact) mass is 360 g/mol. The van der Waals surface area contributed by atoms with Gasteiger partial charge in [-0.15, -0.1) is 0 Å². The van der Waals surface area contributed by atoms with Crippen LogP contribution in [-0.4, -0.2) is 6.10 Å². The lowest BCUT2D eigenvalue weighted by molar-refractivity contribution is 0.0912. The predicted molar refractivity (Wildman–Crippen MR) is 107 cm³/mol. The van der Waals surface area contributed by atoms with Gasteiger partial charge in [0, 0.05) is 6.07 Å². The van der Waals surface area contributed by atoms with Crippen molar-refractivity contribution in [3.63, 3.8) is 0 Å². The minimum atomic E-state index is -0.109. The van der Waals surface area contributed by atoms with E-state index in [1.54, 1.807) is 6.07 Å². The third-order valence-electron chi connectivity index (χ3n) is 6.82. The second kappa shape index (κ2) is 9.76. The molecule has 0 N–H and O–H groups in total. The van der Waals surface area contributed by atoms with Gasteiger partial charge >= 0.3 is 0 Å². The summed E-state index contributed by atoms with van der Waals surface area (Å²) in [6.07, 6.45) is 15.5. The van der Waals surface area contributed by atoms with Gasteiger partial charge in [-0.25, -0.2) is 4.39 Å². The zero-order valence-corrected chi connectivity index (χ0v) is 16.8. The van der Waals surface area contributed by atoms with Crippen LogP contribution in [0, 0.1) is 23.6 Å². The summed E-state index contributed by atoms with van der Waals surface area (Å²) in [5, 5.41) is 0. The number of hydrogen-bond donors (Lipinski definition) is 0. The summed E-state index contributed by atoms with van der Waals surface area (Å²) in [5.41, 5.74) is 0.808. The Morgan fingerprint density at radius 3 is 2.12 bits per heavy atom. The lowest BCUT2D eigenvalue weighted by Crippen LogP contribution is -2.29. The van der Waals surface area contributed by atoms with Crippen molar-refractivity contribution >= 4 is 0 Å². The summed E-state index contributed by atoms with van der Waals surface area (Å²) in [4.78, 5) is 0. The van der Waals surface area contributed by atoms with Gasteiger partial charge in [0.05, 0.1) is 6.10 Å². The Hall–Kier alpha value is -1.05. The standard InChI is InChI=1S/C24H37FO/c1-3-5-18-7-9-19(10-8-18)20-11-14-22(15-12-20)26-23-16-13-21(6-4-2)24(25)17-23/h13,16-20,22H,3-12,14-15H2,1-2H3. The topological polar surface area (TPSA) is 9.23 Å². The maximum atomic E-state index is 14.1. The average Bonchev–Trinajstić information content (AvgIpc) is 2.66. The van der Waals surface area contributed by atoms with Crippen LogP contribution >= 0.6 is 0 Å². The molecule has 2 fully saturated rings. The van der Waals surface area contributed by atoms with Crippen molar-refractivity contribution in [2.75, 3.05) is 0 Å². The van der Waals surface area contributed by atoms with Gasteiger partial charge in [-0.05, 0) is 74.3 Å². The zero-order chi connectivity index (χ0) is 18.4. The highest BCUT2D eigenvalue weighted by atomic mass is 19.1. The Morgan fingerprint density at radius 1 is 0.885 bits per heavy atom. The molecule has 0 radical (unpaired) electrons. The third kappa shape index (κ3) is 5.24. The lowest BCUT2D eigenvalue weighted by Gasteiger charge is -2.37. The van der Waals surface area contributed by atoms with Gasteiger partial charge in [-0.3, -0.25) is 0 Å². The lowest BCUT2D eigenvalue weighted by atomic mass is 9.70. The SMILES string of the molecule is CCCc1ccc(OC2CCC(C3CCC(CCC)CC3)CC2)cc1F. The third-order valence-corrected chi connectivity index (χ3v) is 6.82. The van der Waals surface area contributed by atoms with Crippen LogP contribution in [-0.2, 0) is 6.42 Å². The molecular weight excluding hydrogens is 323 g/mol. The predicted octanol–water partition coefficient (Wildman–Crippen LogP) is 7.32. The molecule has 3 rings (SSSR count). The van der Waals surface area contributed by atoms with Crippen molar-refractivity contribution < 1.29 is 9.13 Å². The molecule has 0 atom stereocenters. The van der Waals surface area contributed by atoms with Crippen molar-refractivity contribution in [1.29, 1.82) is 0 Å². The first kappa shape index (κ1) is 19.7. The number of benzene rings is 1. The molecule has 1 nitrogen and oxygen atoms in total. The van der Waals surface area contributed by atoms with Crippen LogP contribution in [0.15, 0.2) is 18.2 Å². The van der Waals surface area contributed by atoms with Crippen molar-refractivity contribution in [3.05, 3.63) is 29.6 Å². The minimum absolute atomic E-state index is 0.109. The number of aryl methyl sites for hydroxylation is 1. The molecule has 0 aromatic heterocycles. The minimum Gasteiger partial charge on any atom is -0.490 e. The van der Waals surface area contributed by atoms with Crippen LogP contribution < -0.4 is 4.74 Å². The Balaban J connectivity index is 1.43. The summed E-state index contributed by atoms with van der Waals surface area (Å²) >= 11 is 0. The van der Waals surface area contributed by atoms with Crippen LogP contribution in [0.3, 0.4) is 0 Å². The number of ether oxygens (including phenoxy) is 1. The smallest absolute Gasteiger partial charge is 0.130 e. The van der Waals surface area contributed by atoms with E-state index in [4.69, 9.17) is 4.74 Å². The van der Waals surface area contributed by atoms with Gasteiger partial charge < -0.3 is 4.74 Å². The number of halogens is 1. The Bertz CT molecular complexity index is 539. The molecule has 2 aliphatic carbocycles. The fraction of sp³-hybridized carbons (Fsp3) is 0.750. The molecule has 1 aromatic carbocycles. The van der Waals surface area contributed by atoms with E-state index in [9.17, 15) is 4.39 Å². The summed E-state index contributed by atoms with van der Waals surface area (Å²) < 4.78 is 20.2. The quantitative estimate of drug-likeness (QED) is 0.495. The van der Waals surface area contributed by atoms with Crippen molar-refractivity contribution in [1.82, 2.24) is 0 Å². The Kier molecular flexibility index (Phi) is 7.40. The van der Waals surface area contributed by atoms with Crippen LogP contribution in [0.4, 0.5) is 4.39 Å². The molecule has 0 unspecified atom stereocenters. The molecule has 0 aliphatic heterocycles.